The van der Waals surface area contributed by atoms with E-state index >= 15 is 0 Å². The van der Waals surface area contributed by atoms with Gasteiger partial charge in [-0.05, 0) is 44.0 Å². The van der Waals surface area contributed by atoms with Crippen molar-refractivity contribution in [2.45, 2.75) is 39.7 Å². The standard InChI is InChI=1S/C19H26N2O5/c1-4-25-19(24)26-16-7-5-14(6-8-16)18(23)21-11-9-15(10-12-21)20-17(22)13(2)3/h5-8,13,15H,4,9-12H2,1-3H3,(H,20,22). The van der Waals surface area contributed by atoms with Crippen molar-refractivity contribution in [1.29, 1.82) is 0 Å². The van der Waals surface area contributed by atoms with E-state index in [0.717, 1.165) is 12.8 Å². The van der Waals surface area contributed by atoms with Gasteiger partial charge >= 0.3 is 6.16 Å². The van der Waals surface area contributed by atoms with Crippen molar-refractivity contribution in [3.63, 3.8) is 0 Å². The molecule has 1 heterocycles. The molecule has 2 amide bonds. The first-order valence-corrected chi connectivity index (χ1v) is 8.95. The highest BCUT2D eigenvalue weighted by atomic mass is 16.7. The minimum Gasteiger partial charge on any atom is -0.434 e. The second-order valence-corrected chi connectivity index (χ2v) is 6.54. The van der Waals surface area contributed by atoms with Gasteiger partial charge in [0.15, 0.2) is 0 Å². The Morgan fingerprint density at radius 2 is 1.77 bits per heavy atom. The summed E-state index contributed by atoms with van der Waals surface area (Å²) < 4.78 is 9.68. The first-order chi connectivity index (χ1) is 12.4. The molecule has 142 valence electrons. The van der Waals surface area contributed by atoms with Gasteiger partial charge < -0.3 is 19.7 Å². The Hall–Kier alpha value is -2.57. The molecule has 1 fully saturated rings. The number of benzene rings is 1. The molecule has 26 heavy (non-hydrogen) atoms. The Morgan fingerprint density at radius 1 is 1.15 bits per heavy atom. The summed E-state index contributed by atoms with van der Waals surface area (Å²) in [6.45, 7) is 6.86. The summed E-state index contributed by atoms with van der Waals surface area (Å²) >= 11 is 0. The molecule has 0 unspecified atom stereocenters. The van der Waals surface area contributed by atoms with Crippen LogP contribution in [0.5, 0.6) is 5.75 Å². The Balaban J connectivity index is 1.86. The van der Waals surface area contributed by atoms with Crippen LogP contribution < -0.4 is 10.1 Å². The molecular weight excluding hydrogens is 336 g/mol. The summed E-state index contributed by atoms with van der Waals surface area (Å²) in [6, 6.07) is 6.52. The van der Waals surface area contributed by atoms with E-state index in [-0.39, 0.29) is 30.4 Å². The zero-order chi connectivity index (χ0) is 19.1. The van der Waals surface area contributed by atoms with E-state index in [9.17, 15) is 14.4 Å². The van der Waals surface area contributed by atoms with Gasteiger partial charge in [0.25, 0.3) is 5.91 Å². The first kappa shape index (κ1) is 19.8. The first-order valence-electron chi connectivity index (χ1n) is 8.95. The number of carbonyl (C=O) groups excluding carboxylic acids is 3. The van der Waals surface area contributed by atoms with Gasteiger partial charge in [-0.2, -0.15) is 0 Å². The van der Waals surface area contributed by atoms with Gasteiger partial charge in [0.1, 0.15) is 5.75 Å². The fourth-order valence-electron chi connectivity index (χ4n) is 2.69. The Labute approximate surface area is 153 Å². The highest BCUT2D eigenvalue weighted by Crippen LogP contribution is 2.17. The van der Waals surface area contributed by atoms with E-state index in [1.54, 1.807) is 36.1 Å². The number of likely N-dealkylation sites (tertiary alicyclic amines) is 1. The molecule has 0 bridgehead atoms. The smallest absolute Gasteiger partial charge is 0.434 e. The summed E-state index contributed by atoms with van der Waals surface area (Å²) in [7, 11) is 0. The summed E-state index contributed by atoms with van der Waals surface area (Å²) in [4.78, 5) is 37.4. The molecule has 0 aliphatic carbocycles. The average molecular weight is 362 g/mol. The van der Waals surface area contributed by atoms with Gasteiger partial charge in [-0.15, -0.1) is 0 Å². The van der Waals surface area contributed by atoms with Crippen LogP contribution in [0.3, 0.4) is 0 Å². The van der Waals surface area contributed by atoms with Crippen molar-refractivity contribution in [3.8, 4) is 5.75 Å². The lowest BCUT2D eigenvalue weighted by Crippen LogP contribution is -2.47. The summed E-state index contributed by atoms with van der Waals surface area (Å²) in [5.41, 5.74) is 0.533. The predicted molar refractivity (Wildman–Crippen MR) is 96.0 cm³/mol. The third-order valence-electron chi connectivity index (χ3n) is 4.22. The van der Waals surface area contributed by atoms with E-state index in [1.165, 1.54) is 0 Å². The summed E-state index contributed by atoms with van der Waals surface area (Å²) in [5.74, 6) is 0.272. The van der Waals surface area contributed by atoms with Gasteiger partial charge in [-0.1, -0.05) is 13.8 Å². The molecule has 0 saturated carbocycles. The largest absolute Gasteiger partial charge is 0.513 e. The predicted octanol–water partition coefficient (Wildman–Crippen LogP) is 2.60. The molecule has 0 spiro atoms. The third kappa shape index (κ3) is 5.47. The average Bonchev–Trinajstić information content (AvgIpc) is 2.62. The van der Waals surface area contributed by atoms with Crippen molar-refractivity contribution in [1.82, 2.24) is 10.2 Å². The molecule has 2 rings (SSSR count). The maximum absolute atomic E-state index is 12.6. The lowest BCUT2D eigenvalue weighted by Gasteiger charge is -2.32. The van der Waals surface area contributed by atoms with Crippen molar-refractivity contribution < 1.29 is 23.9 Å². The topological polar surface area (TPSA) is 84.9 Å². The van der Waals surface area contributed by atoms with Crippen LogP contribution in [-0.4, -0.2) is 48.6 Å². The zero-order valence-electron chi connectivity index (χ0n) is 15.5. The normalized spacial score (nSPS) is 14.8. The van der Waals surface area contributed by atoms with E-state index in [0.29, 0.717) is 24.4 Å². The zero-order valence-corrected chi connectivity index (χ0v) is 15.5. The molecular formula is C19H26N2O5. The maximum Gasteiger partial charge on any atom is 0.513 e. The Morgan fingerprint density at radius 3 is 2.31 bits per heavy atom. The second-order valence-electron chi connectivity index (χ2n) is 6.54. The van der Waals surface area contributed by atoms with Gasteiger partial charge in [0.05, 0.1) is 6.61 Å². The highest BCUT2D eigenvalue weighted by Gasteiger charge is 2.25. The summed E-state index contributed by atoms with van der Waals surface area (Å²) in [5, 5.41) is 3.02. The third-order valence-corrected chi connectivity index (χ3v) is 4.22. The lowest BCUT2D eigenvalue weighted by molar-refractivity contribution is -0.124. The fourth-order valence-corrected chi connectivity index (χ4v) is 2.69. The molecule has 0 atom stereocenters. The monoisotopic (exact) mass is 362 g/mol. The van der Waals surface area contributed by atoms with Crippen LogP contribution in [0.25, 0.3) is 0 Å². The fraction of sp³-hybridized carbons (Fsp3) is 0.526. The summed E-state index contributed by atoms with van der Waals surface area (Å²) in [6.07, 6.45) is 0.722. The number of piperidine rings is 1. The molecule has 0 radical (unpaired) electrons. The number of carbonyl (C=O) groups is 3. The number of hydrogen-bond donors (Lipinski definition) is 1. The van der Waals surface area contributed by atoms with Crippen LogP contribution in [0.1, 0.15) is 44.0 Å². The van der Waals surface area contributed by atoms with E-state index < -0.39 is 6.16 Å². The van der Waals surface area contributed by atoms with Crippen molar-refractivity contribution in [3.05, 3.63) is 29.8 Å². The van der Waals surface area contributed by atoms with Crippen molar-refractivity contribution in [2.75, 3.05) is 19.7 Å². The van der Waals surface area contributed by atoms with E-state index in [1.807, 2.05) is 13.8 Å². The van der Waals surface area contributed by atoms with E-state index in [4.69, 9.17) is 9.47 Å². The van der Waals surface area contributed by atoms with Crippen LogP contribution in [0.4, 0.5) is 4.79 Å². The van der Waals surface area contributed by atoms with Crippen molar-refractivity contribution >= 4 is 18.0 Å². The highest BCUT2D eigenvalue weighted by molar-refractivity contribution is 5.94. The molecule has 1 aromatic rings. The molecule has 1 aromatic carbocycles. The lowest BCUT2D eigenvalue weighted by atomic mass is 10.0. The Kier molecular flexibility index (Phi) is 7.00. The number of nitrogens with zero attached hydrogens (tertiary/aromatic N) is 1. The molecule has 1 N–H and O–H groups in total. The van der Waals surface area contributed by atoms with Crippen LogP contribution >= 0.6 is 0 Å². The number of rotatable bonds is 5. The molecule has 7 nitrogen and oxygen atoms in total. The maximum atomic E-state index is 12.6. The minimum atomic E-state index is -0.767. The second kappa shape index (κ2) is 9.22. The van der Waals surface area contributed by atoms with Crippen LogP contribution in [-0.2, 0) is 9.53 Å². The molecule has 1 saturated heterocycles. The van der Waals surface area contributed by atoms with Crippen molar-refractivity contribution in [2.24, 2.45) is 5.92 Å². The van der Waals surface area contributed by atoms with Gasteiger partial charge in [0.2, 0.25) is 5.91 Å². The Bertz CT molecular complexity index is 634. The van der Waals surface area contributed by atoms with Gasteiger partial charge in [0, 0.05) is 30.6 Å². The number of ether oxygens (including phenoxy) is 2. The van der Waals surface area contributed by atoms with E-state index in [2.05, 4.69) is 5.32 Å². The SMILES string of the molecule is CCOC(=O)Oc1ccc(C(=O)N2CCC(NC(=O)C(C)C)CC2)cc1. The quantitative estimate of drug-likeness (QED) is 0.643. The van der Waals surface area contributed by atoms with Gasteiger partial charge in [-0.3, -0.25) is 9.59 Å². The molecule has 1 aliphatic rings. The minimum absolute atomic E-state index is 0.0370. The van der Waals surface area contributed by atoms with Crippen LogP contribution in [0.15, 0.2) is 24.3 Å². The van der Waals surface area contributed by atoms with Crippen LogP contribution in [0, 0.1) is 5.92 Å². The number of nitrogens with one attached hydrogen (secondary N) is 1. The van der Waals surface area contributed by atoms with Gasteiger partial charge in [-0.25, -0.2) is 4.79 Å². The van der Waals surface area contributed by atoms with Crippen LogP contribution in [0.2, 0.25) is 0 Å². The molecule has 0 aromatic heterocycles. The number of amides is 2. The molecule has 1 aliphatic heterocycles. The number of hydrogen-bond acceptors (Lipinski definition) is 5. The molecule has 7 heteroatoms.